The van der Waals surface area contributed by atoms with Gasteiger partial charge in [-0.3, -0.25) is 14.3 Å². The third kappa shape index (κ3) is 4.61. The Hall–Kier alpha value is -3.37. The van der Waals surface area contributed by atoms with Crippen molar-refractivity contribution in [2.24, 2.45) is 0 Å². The minimum atomic E-state index is -3.65. The van der Waals surface area contributed by atoms with Crippen molar-refractivity contribution >= 4 is 50.2 Å². The van der Waals surface area contributed by atoms with Crippen molar-refractivity contribution in [3.8, 4) is 5.75 Å². The number of benzene rings is 2. The maximum Gasteiger partial charge on any atom is 0.271 e. The predicted octanol–water partition coefficient (Wildman–Crippen LogP) is 3.94. The molecule has 1 fully saturated rings. The van der Waals surface area contributed by atoms with Crippen LogP contribution in [-0.2, 0) is 14.8 Å². The summed E-state index contributed by atoms with van der Waals surface area (Å²) < 4.78 is 32.7. The first-order valence-electron chi connectivity index (χ1n) is 9.83. The van der Waals surface area contributed by atoms with Gasteiger partial charge in [0.05, 0.1) is 12.8 Å². The van der Waals surface area contributed by atoms with Gasteiger partial charge in [-0.2, -0.15) is 0 Å². The van der Waals surface area contributed by atoms with E-state index in [0.717, 1.165) is 17.8 Å². The molecule has 2 heterocycles. The molecule has 0 saturated carbocycles. The van der Waals surface area contributed by atoms with Gasteiger partial charge in [-0.25, -0.2) is 8.42 Å². The fourth-order valence-corrected chi connectivity index (χ4v) is 5.45. The van der Waals surface area contributed by atoms with E-state index >= 15 is 0 Å². The van der Waals surface area contributed by atoms with E-state index in [4.69, 9.17) is 4.74 Å². The van der Waals surface area contributed by atoms with Crippen LogP contribution in [-0.4, -0.2) is 33.9 Å². The molecular formula is C22H21N3O5S2. The summed E-state index contributed by atoms with van der Waals surface area (Å²) >= 11 is 1.12. The van der Waals surface area contributed by atoms with Gasteiger partial charge in [0, 0.05) is 36.0 Å². The fourth-order valence-electron chi connectivity index (χ4n) is 3.40. The van der Waals surface area contributed by atoms with E-state index in [1.165, 1.54) is 37.4 Å². The summed E-state index contributed by atoms with van der Waals surface area (Å²) in [4.78, 5) is 26.3. The van der Waals surface area contributed by atoms with E-state index < -0.39 is 10.0 Å². The van der Waals surface area contributed by atoms with E-state index in [0.29, 0.717) is 41.3 Å². The number of carbonyl (C=O) groups is 2. The first-order valence-corrected chi connectivity index (χ1v) is 12.2. The van der Waals surface area contributed by atoms with Crippen LogP contribution in [0.1, 0.15) is 23.2 Å². The summed E-state index contributed by atoms with van der Waals surface area (Å²) in [6.45, 7) is 0.642. The summed E-state index contributed by atoms with van der Waals surface area (Å²) in [5.74, 6) is 0.191. The van der Waals surface area contributed by atoms with Crippen molar-refractivity contribution in [1.82, 2.24) is 0 Å². The molecule has 166 valence electrons. The predicted molar refractivity (Wildman–Crippen MR) is 124 cm³/mol. The molecule has 2 amide bonds. The third-order valence-corrected chi connectivity index (χ3v) is 7.74. The number of hydrogen-bond acceptors (Lipinski definition) is 6. The average Bonchev–Trinajstić information content (AvgIpc) is 3.46. The summed E-state index contributed by atoms with van der Waals surface area (Å²) in [7, 11) is -2.13. The zero-order valence-corrected chi connectivity index (χ0v) is 18.8. The number of methoxy groups -OCH3 is 1. The second-order valence-corrected chi connectivity index (χ2v) is 9.96. The molecule has 10 heteroatoms. The van der Waals surface area contributed by atoms with Crippen LogP contribution in [0.15, 0.2) is 64.2 Å². The Morgan fingerprint density at radius 1 is 1.09 bits per heavy atom. The number of amides is 2. The molecule has 32 heavy (non-hydrogen) atoms. The second kappa shape index (κ2) is 9.01. The van der Waals surface area contributed by atoms with Gasteiger partial charge in [-0.1, -0.05) is 6.07 Å². The number of hydrogen-bond donors (Lipinski definition) is 2. The van der Waals surface area contributed by atoms with Gasteiger partial charge in [0.2, 0.25) is 5.91 Å². The third-order valence-electron chi connectivity index (χ3n) is 4.96. The topological polar surface area (TPSA) is 105 Å². The molecule has 0 bridgehead atoms. The molecule has 1 aliphatic heterocycles. The summed E-state index contributed by atoms with van der Waals surface area (Å²) in [6.07, 6.45) is 1.32. The standard InChI is InChI=1S/C22H21N3O5S2/c1-30-19-14-17(10-11-18(19)25-12-2-4-20(25)26)23-22(27)15-6-8-16(9-7-15)24-32(28,29)21-5-3-13-31-21/h3,5-11,13-14,24H,2,4,12H2,1H3,(H,23,27). The number of rotatable bonds is 7. The van der Waals surface area contributed by atoms with E-state index in [-0.39, 0.29) is 16.0 Å². The Bertz CT molecular complexity index is 1240. The molecule has 3 aromatic rings. The van der Waals surface area contributed by atoms with Gasteiger partial charge < -0.3 is 15.0 Å². The lowest BCUT2D eigenvalue weighted by molar-refractivity contribution is -0.117. The monoisotopic (exact) mass is 471 g/mol. The molecule has 2 aromatic carbocycles. The van der Waals surface area contributed by atoms with E-state index in [1.54, 1.807) is 34.5 Å². The van der Waals surface area contributed by atoms with Crippen LogP contribution in [0.3, 0.4) is 0 Å². The van der Waals surface area contributed by atoms with Gasteiger partial charge in [-0.15, -0.1) is 11.3 Å². The molecule has 8 nitrogen and oxygen atoms in total. The molecule has 1 aliphatic rings. The Morgan fingerprint density at radius 2 is 1.84 bits per heavy atom. The lowest BCUT2D eigenvalue weighted by Gasteiger charge is -2.19. The van der Waals surface area contributed by atoms with Crippen molar-refractivity contribution in [3.63, 3.8) is 0 Å². The Morgan fingerprint density at radius 3 is 2.47 bits per heavy atom. The maximum absolute atomic E-state index is 12.6. The highest BCUT2D eigenvalue weighted by atomic mass is 32.2. The molecule has 1 saturated heterocycles. The molecule has 0 aliphatic carbocycles. The molecule has 0 unspecified atom stereocenters. The van der Waals surface area contributed by atoms with Crippen LogP contribution in [0.25, 0.3) is 0 Å². The largest absolute Gasteiger partial charge is 0.494 e. The van der Waals surface area contributed by atoms with Crippen LogP contribution in [0.5, 0.6) is 5.75 Å². The Labute approximate surface area is 189 Å². The van der Waals surface area contributed by atoms with Crippen molar-refractivity contribution in [2.75, 3.05) is 28.6 Å². The lowest BCUT2D eigenvalue weighted by Crippen LogP contribution is -2.24. The van der Waals surface area contributed by atoms with Crippen LogP contribution < -0.4 is 19.7 Å². The Balaban J connectivity index is 1.45. The van der Waals surface area contributed by atoms with Crippen molar-refractivity contribution in [2.45, 2.75) is 17.1 Å². The average molecular weight is 472 g/mol. The van der Waals surface area contributed by atoms with Crippen molar-refractivity contribution in [3.05, 3.63) is 65.5 Å². The number of ether oxygens (including phenoxy) is 1. The fraction of sp³-hybridized carbons (Fsp3) is 0.182. The highest BCUT2D eigenvalue weighted by Crippen LogP contribution is 2.34. The first kappa shape index (κ1) is 21.8. The van der Waals surface area contributed by atoms with Gasteiger partial charge in [0.15, 0.2) is 0 Å². The van der Waals surface area contributed by atoms with E-state index in [9.17, 15) is 18.0 Å². The molecular weight excluding hydrogens is 450 g/mol. The zero-order valence-electron chi connectivity index (χ0n) is 17.2. The summed E-state index contributed by atoms with van der Waals surface area (Å²) in [6, 6.07) is 14.5. The van der Waals surface area contributed by atoms with Gasteiger partial charge >= 0.3 is 0 Å². The molecule has 0 atom stereocenters. The Kier molecular flexibility index (Phi) is 6.15. The van der Waals surface area contributed by atoms with Gasteiger partial charge in [-0.05, 0) is 54.3 Å². The minimum Gasteiger partial charge on any atom is -0.494 e. The van der Waals surface area contributed by atoms with E-state index in [2.05, 4.69) is 10.0 Å². The zero-order chi connectivity index (χ0) is 22.7. The van der Waals surface area contributed by atoms with Crippen LogP contribution in [0, 0.1) is 0 Å². The van der Waals surface area contributed by atoms with Gasteiger partial charge in [0.25, 0.3) is 15.9 Å². The maximum atomic E-state index is 12.6. The highest BCUT2D eigenvalue weighted by Gasteiger charge is 2.24. The molecule has 0 radical (unpaired) electrons. The number of thiophene rings is 1. The number of anilines is 3. The number of nitrogens with zero attached hydrogens (tertiary/aromatic N) is 1. The molecule has 1 aromatic heterocycles. The van der Waals surface area contributed by atoms with Crippen LogP contribution in [0.4, 0.5) is 17.1 Å². The van der Waals surface area contributed by atoms with Gasteiger partial charge in [0.1, 0.15) is 9.96 Å². The first-order chi connectivity index (χ1) is 15.4. The molecule has 2 N–H and O–H groups in total. The summed E-state index contributed by atoms with van der Waals surface area (Å²) in [5, 5.41) is 4.48. The molecule has 0 spiro atoms. The number of sulfonamides is 1. The summed E-state index contributed by atoms with van der Waals surface area (Å²) in [5.41, 5.74) is 1.91. The second-order valence-electron chi connectivity index (χ2n) is 7.10. The smallest absolute Gasteiger partial charge is 0.271 e. The normalized spacial score (nSPS) is 13.8. The van der Waals surface area contributed by atoms with Crippen molar-refractivity contribution < 1.29 is 22.7 Å². The number of carbonyl (C=O) groups excluding carboxylic acids is 2. The van der Waals surface area contributed by atoms with E-state index in [1.807, 2.05) is 0 Å². The minimum absolute atomic E-state index is 0.0508. The SMILES string of the molecule is COc1cc(NC(=O)c2ccc(NS(=O)(=O)c3cccs3)cc2)ccc1N1CCCC1=O. The number of nitrogens with one attached hydrogen (secondary N) is 2. The highest BCUT2D eigenvalue weighted by molar-refractivity contribution is 7.94. The van der Waals surface area contributed by atoms with Crippen LogP contribution in [0.2, 0.25) is 0 Å². The lowest BCUT2D eigenvalue weighted by atomic mass is 10.2. The quantitative estimate of drug-likeness (QED) is 0.543. The van der Waals surface area contributed by atoms with Crippen LogP contribution >= 0.6 is 11.3 Å². The molecule has 4 rings (SSSR count). The van der Waals surface area contributed by atoms with Crippen molar-refractivity contribution in [1.29, 1.82) is 0 Å².